The normalized spacial score (nSPS) is 13.7. The lowest BCUT2D eigenvalue weighted by atomic mass is 10.1. The van der Waals surface area contributed by atoms with E-state index in [1.807, 2.05) is 36.4 Å². The van der Waals surface area contributed by atoms with Crippen LogP contribution in [0.1, 0.15) is 0 Å². The molecule has 4 nitrogen and oxygen atoms in total. The Morgan fingerprint density at radius 1 is 0.857 bits per heavy atom. The van der Waals surface area contributed by atoms with Crippen molar-refractivity contribution in [3.63, 3.8) is 0 Å². The molecule has 0 aromatic heterocycles. The molecule has 5 heteroatoms. The molecular weight excluding hydrogens is 273 g/mol. The van der Waals surface area contributed by atoms with Gasteiger partial charge in [-0.15, -0.1) is 0 Å². The number of phenols is 1. The van der Waals surface area contributed by atoms with Crippen molar-refractivity contribution in [2.45, 2.75) is 12.2 Å². The van der Waals surface area contributed by atoms with Crippen molar-refractivity contribution in [3.05, 3.63) is 48.5 Å². The Kier molecular flexibility index (Phi) is 5.14. The van der Waals surface area contributed by atoms with Gasteiger partial charge in [0, 0.05) is 12.2 Å². The molecule has 112 valence electrons. The van der Waals surface area contributed by atoms with Crippen LogP contribution in [0.5, 0.6) is 5.75 Å². The number of rotatable bonds is 6. The van der Waals surface area contributed by atoms with Gasteiger partial charge in [-0.05, 0) is 35.4 Å². The van der Waals surface area contributed by atoms with Crippen LogP contribution >= 0.6 is 0 Å². The smallest absolute Gasteiger partial charge is 0.118 e. The summed E-state index contributed by atoms with van der Waals surface area (Å²) in [6.07, 6.45) is -2.51. The first-order valence-electron chi connectivity index (χ1n) is 6.65. The number of hydrogen-bond acceptors (Lipinski definition) is 4. The minimum Gasteiger partial charge on any atom is -0.508 e. The fraction of sp³-hybridized carbons (Fsp3) is 0.250. The molecule has 2 atom stereocenters. The zero-order valence-electron chi connectivity index (χ0n) is 11.4. The summed E-state index contributed by atoms with van der Waals surface area (Å²) in [5, 5.41) is 30.8. The van der Waals surface area contributed by atoms with Gasteiger partial charge >= 0.3 is 0 Å². The molecule has 0 amide bonds. The number of aliphatic hydroxyl groups is 2. The lowest BCUT2D eigenvalue weighted by molar-refractivity contribution is 0.0130. The summed E-state index contributed by atoms with van der Waals surface area (Å²) in [6, 6.07) is 14.3. The van der Waals surface area contributed by atoms with Gasteiger partial charge in [0.2, 0.25) is 0 Å². The van der Waals surface area contributed by atoms with E-state index in [0.717, 1.165) is 16.8 Å². The summed E-state index contributed by atoms with van der Waals surface area (Å²) in [5.41, 5.74) is 2.74. The molecule has 0 aliphatic carbocycles. The number of phenolic OH excluding ortho intramolecular Hbond substituents is 1. The number of aromatic hydroxyl groups is 1. The van der Waals surface area contributed by atoms with E-state index in [0.29, 0.717) is 0 Å². The standard InChI is InChI=1S/C16H18FNO3/c17-9-15(20)16(21)10-18-13-5-1-11(2-6-13)12-3-7-14(19)8-4-12/h1-8,15-16,18-21H,9-10H2. The second-order valence-electron chi connectivity index (χ2n) is 4.79. The summed E-state index contributed by atoms with van der Waals surface area (Å²) in [4.78, 5) is 0. The SMILES string of the molecule is Oc1ccc(-c2ccc(NCC(O)C(O)CF)cc2)cc1. The average Bonchev–Trinajstić information content (AvgIpc) is 2.53. The molecule has 0 spiro atoms. The molecule has 2 unspecified atom stereocenters. The predicted octanol–water partition coefficient (Wildman–Crippen LogP) is 2.16. The first kappa shape index (κ1) is 15.3. The van der Waals surface area contributed by atoms with E-state index in [4.69, 9.17) is 5.11 Å². The van der Waals surface area contributed by atoms with Crippen molar-refractivity contribution in [1.82, 2.24) is 0 Å². The summed E-state index contributed by atoms with van der Waals surface area (Å²) in [6.45, 7) is -0.897. The van der Waals surface area contributed by atoms with Crippen molar-refractivity contribution in [1.29, 1.82) is 0 Å². The molecule has 0 saturated heterocycles. The number of halogens is 1. The molecule has 2 aromatic rings. The number of benzene rings is 2. The zero-order valence-corrected chi connectivity index (χ0v) is 11.4. The topological polar surface area (TPSA) is 72.7 Å². The number of alkyl halides is 1. The first-order chi connectivity index (χ1) is 10.1. The summed E-state index contributed by atoms with van der Waals surface area (Å²) < 4.78 is 12.2. The van der Waals surface area contributed by atoms with Gasteiger partial charge in [-0.25, -0.2) is 4.39 Å². The van der Waals surface area contributed by atoms with Crippen LogP contribution in [-0.2, 0) is 0 Å². The van der Waals surface area contributed by atoms with E-state index in [-0.39, 0.29) is 12.3 Å². The van der Waals surface area contributed by atoms with Crippen LogP contribution in [0.3, 0.4) is 0 Å². The Morgan fingerprint density at radius 3 is 1.90 bits per heavy atom. The van der Waals surface area contributed by atoms with Gasteiger partial charge in [0.15, 0.2) is 0 Å². The van der Waals surface area contributed by atoms with E-state index in [2.05, 4.69) is 5.32 Å². The zero-order chi connectivity index (χ0) is 15.2. The van der Waals surface area contributed by atoms with Crippen molar-refractivity contribution >= 4 is 5.69 Å². The molecule has 4 N–H and O–H groups in total. The van der Waals surface area contributed by atoms with Gasteiger partial charge in [-0.1, -0.05) is 24.3 Å². The molecule has 0 radical (unpaired) electrons. The Morgan fingerprint density at radius 2 is 1.38 bits per heavy atom. The average molecular weight is 291 g/mol. The maximum Gasteiger partial charge on any atom is 0.118 e. The lowest BCUT2D eigenvalue weighted by Gasteiger charge is -2.16. The summed E-state index contributed by atoms with van der Waals surface area (Å²) in [7, 11) is 0. The highest BCUT2D eigenvalue weighted by Gasteiger charge is 2.15. The first-order valence-corrected chi connectivity index (χ1v) is 6.65. The highest BCUT2D eigenvalue weighted by atomic mass is 19.1. The second-order valence-corrected chi connectivity index (χ2v) is 4.79. The van der Waals surface area contributed by atoms with E-state index in [1.165, 1.54) is 0 Å². The Bertz CT molecular complexity index is 557. The van der Waals surface area contributed by atoms with Crippen molar-refractivity contribution in [2.75, 3.05) is 18.5 Å². The highest BCUT2D eigenvalue weighted by Crippen LogP contribution is 2.23. The van der Waals surface area contributed by atoms with E-state index in [1.54, 1.807) is 12.1 Å². The fourth-order valence-corrected chi connectivity index (χ4v) is 1.90. The third-order valence-electron chi connectivity index (χ3n) is 3.20. The Labute approximate surface area is 122 Å². The number of anilines is 1. The lowest BCUT2D eigenvalue weighted by Crippen LogP contribution is -2.34. The van der Waals surface area contributed by atoms with Crippen molar-refractivity contribution in [2.24, 2.45) is 0 Å². The minimum atomic E-state index is -1.37. The molecule has 2 aromatic carbocycles. The van der Waals surface area contributed by atoms with Crippen LogP contribution in [0.15, 0.2) is 48.5 Å². The minimum absolute atomic E-state index is 0.0731. The maximum atomic E-state index is 12.2. The monoisotopic (exact) mass is 291 g/mol. The molecule has 0 heterocycles. The van der Waals surface area contributed by atoms with Gasteiger partial charge in [0.05, 0.1) is 6.10 Å². The summed E-state index contributed by atoms with van der Waals surface area (Å²) in [5.74, 6) is 0.220. The number of aliphatic hydroxyl groups excluding tert-OH is 2. The molecule has 0 aliphatic rings. The molecule has 0 bridgehead atoms. The predicted molar refractivity (Wildman–Crippen MR) is 80.0 cm³/mol. The quantitative estimate of drug-likeness (QED) is 0.658. The Hall–Kier alpha value is -2.11. The van der Waals surface area contributed by atoms with Gasteiger partial charge in [-0.2, -0.15) is 0 Å². The van der Waals surface area contributed by atoms with Crippen LogP contribution in [0.2, 0.25) is 0 Å². The van der Waals surface area contributed by atoms with Gasteiger partial charge in [0.25, 0.3) is 0 Å². The van der Waals surface area contributed by atoms with Crippen LogP contribution < -0.4 is 5.32 Å². The molecule has 0 saturated carbocycles. The number of nitrogens with one attached hydrogen (secondary N) is 1. The van der Waals surface area contributed by atoms with Crippen LogP contribution in [0.25, 0.3) is 11.1 Å². The van der Waals surface area contributed by atoms with E-state index in [9.17, 15) is 14.6 Å². The Balaban J connectivity index is 1.97. The van der Waals surface area contributed by atoms with Gasteiger partial charge < -0.3 is 20.6 Å². The molecule has 21 heavy (non-hydrogen) atoms. The highest BCUT2D eigenvalue weighted by molar-refractivity contribution is 5.66. The molecular formula is C16H18FNO3. The van der Waals surface area contributed by atoms with Crippen LogP contribution in [-0.4, -0.2) is 40.7 Å². The molecule has 0 fully saturated rings. The third kappa shape index (κ3) is 4.18. The largest absolute Gasteiger partial charge is 0.508 e. The molecule has 2 rings (SSSR count). The molecule has 0 aliphatic heterocycles. The maximum absolute atomic E-state index is 12.2. The van der Waals surface area contributed by atoms with E-state index >= 15 is 0 Å². The van der Waals surface area contributed by atoms with Gasteiger partial charge in [0.1, 0.15) is 18.5 Å². The van der Waals surface area contributed by atoms with Crippen LogP contribution in [0, 0.1) is 0 Å². The van der Waals surface area contributed by atoms with Crippen molar-refractivity contribution in [3.8, 4) is 16.9 Å². The van der Waals surface area contributed by atoms with Crippen molar-refractivity contribution < 1.29 is 19.7 Å². The number of hydrogen-bond donors (Lipinski definition) is 4. The van der Waals surface area contributed by atoms with Gasteiger partial charge in [-0.3, -0.25) is 0 Å². The van der Waals surface area contributed by atoms with Crippen LogP contribution in [0.4, 0.5) is 10.1 Å². The fourth-order valence-electron chi connectivity index (χ4n) is 1.90. The van der Waals surface area contributed by atoms with E-state index < -0.39 is 18.9 Å². The second kappa shape index (κ2) is 7.06. The third-order valence-corrected chi connectivity index (χ3v) is 3.20. The summed E-state index contributed by atoms with van der Waals surface area (Å²) >= 11 is 0.